The minimum Gasteiger partial charge on any atom is -0.480 e. The molecule has 0 spiro atoms. The van der Waals surface area contributed by atoms with Crippen molar-refractivity contribution < 1.29 is 17.5 Å². The summed E-state index contributed by atoms with van der Waals surface area (Å²) >= 11 is 3.21. The number of aromatic nitrogens is 2. The average molecular weight is 401 g/mol. The van der Waals surface area contributed by atoms with E-state index in [1.54, 1.807) is 6.07 Å². The van der Waals surface area contributed by atoms with E-state index in [2.05, 4.69) is 30.6 Å². The van der Waals surface area contributed by atoms with E-state index >= 15 is 0 Å². The highest BCUT2D eigenvalue weighted by Crippen LogP contribution is 2.35. The zero-order valence-corrected chi connectivity index (χ0v) is 14.4. The van der Waals surface area contributed by atoms with E-state index < -0.39 is 15.8 Å². The largest absolute Gasteiger partial charge is 0.480 e. The lowest BCUT2D eigenvalue weighted by molar-refractivity contribution is 0.394. The van der Waals surface area contributed by atoms with Crippen LogP contribution in [0.1, 0.15) is 5.56 Å². The molecule has 0 saturated heterocycles. The lowest BCUT2D eigenvalue weighted by atomic mass is 10.1. The van der Waals surface area contributed by atoms with E-state index in [0.717, 1.165) is 12.3 Å². The van der Waals surface area contributed by atoms with Crippen molar-refractivity contribution in [1.29, 1.82) is 5.26 Å². The zero-order valence-electron chi connectivity index (χ0n) is 12.0. The Labute approximate surface area is 140 Å². The number of methoxy groups -OCH3 is 1. The third-order valence-electron chi connectivity index (χ3n) is 2.73. The van der Waals surface area contributed by atoms with E-state index in [1.165, 1.54) is 19.5 Å². The summed E-state index contributed by atoms with van der Waals surface area (Å²) in [4.78, 5) is 7.83. The summed E-state index contributed by atoms with van der Waals surface area (Å²) in [6.07, 6.45) is 2.11. The van der Waals surface area contributed by atoms with Gasteiger partial charge in [0.1, 0.15) is 22.7 Å². The molecule has 0 aliphatic rings. The molecule has 23 heavy (non-hydrogen) atoms. The lowest BCUT2D eigenvalue weighted by Crippen LogP contribution is -2.11. The SMILES string of the molecule is COc1ncnc(-c2cc(NS(C)(=O)=O)c(C#N)cc2F)c1Br. The fourth-order valence-electron chi connectivity index (χ4n) is 1.82. The van der Waals surface area contributed by atoms with Crippen molar-refractivity contribution in [2.24, 2.45) is 0 Å². The van der Waals surface area contributed by atoms with Gasteiger partial charge in [-0.15, -0.1) is 0 Å². The molecule has 0 aliphatic heterocycles. The molecule has 7 nitrogen and oxygen atoms in total. The van der Waals surface area contributed by atoms with E-state index in [9.17, 15) is 12.8 Å². The normalized spacial score (nSPS) is 10.9. The standard InChI is InChI=1S/C13H10BrFN4O3S/c1-22-13-11(14)12(17-6-18-13)8-4-10(19-23(2,20)21)7(5-16)3-9(8)15/h3-4,6,19H,1-2H3. The molecular formula is C13H10BrFN4O3S. The van der Waals surface area contributed by atoms with Crippen LogP contribution in [-0.2, 0) is 10.0 Å². The maximum absolute atomic E-state index is 14.3. The first-order valence-corrected chi connectivity index (χ1v) is 8.71. The lowest BCUT2D eigenvalue weighted by Gasteiger charge is -2.11. The molecule has 1 N–H and O–H groups in total. The van der Waals surface area contributed by atoms with Gasteiger partial charge in [-0.05, 0) is 28.1 Å². The molecule has 0 amide bonds. The van der Waals surface area contributed by atoms with Crippen molar-refractivity contribution in [3.8, 4) is 23.2 Å². The summed E-state index contributed by atoms with van der Waals surface area (Å²) in [6, 6.07) is 3.87. The Balaban J connectivity index is 2.69. The van der Waals surface area contributed by atoms with Gasteiger partial charge >= 0.3 is 0 Å². The first-order chi connectivity index (χ1) is 10.8. The number of ether oxygens (including phenoxy) is 1. The van der Waals surface area contributed by atoms with Crippen molar-refractivity contribution in [3.05, 3.63) is 34.3 Å². The number of nitrogens with zero attached hydrogens (tertiary/aromatic N) is 3. The molecule has 0 fully saturated rings. The van der Waals surface area contributed by atoms with Crippen LogP contribution in [0.4, 0.5) is 10.1 Å². The van der Waals surface area contributed by atoms with Crippen LogP contribution < -0.4 is 9.46 Å². The fraction of sp³-hybridized carbons (Fsp3) is 0.154. The summed E-state index contributed by atoms with van der Waals surface area (Å²) in [6.45, 7) is 0. The van der Waals surface area contributed by atoms with Gasteiger partial charge in [0.15, 0.2) is 0 Å². The van der Waals surface area contributed by atoms with Crippen molar-refractivity contribution in [2.45, 2.75) is 0 Å². The van der Waals surface area contributed by atoms with E-state index in [-0.39, 0.29) is 28.4 Å². The van der Waals surface area contributed by atoms with Crippen LogP contribution in [0, 0.1) is 17.1 Å². The van der Waals surface area contributed by atoms with Crippen LogP contribution in [0.2, 0.25) is 0 Å². The fourth-order valence-corrected chi connectivity index (χ4v) is 2.96. The molecule has 1 aromatic heterocycles. The summed E-state index contributed by atoms with van der Waals surface area (Å²) in [7, 11) is -2.25. The first kappa shape index (κ1) is 17.1. The molecular weight excluding hydrogens is 391 g/mol. The average Bonchev–Trinajstić information content (AvgIpc) is 2.48. The van der Waals surface area contributed by atoms with E-state index in [0.29, 0.717) is 4.47 Å². The Morgan fingerprint density at radius 1 is 1.39 bits per heavy atom. The van der Waals surface area contributed by atoms with Crippen LogP contribution in [0.25, 0.3) is 11.3 Å². The van der Waals surface area contributed by atoms with E-state index in [1.807, 2.05) is 0 Å². The Bertz CT molecular complexity index is 912. The maximum Gasteiger partial charge on any atom is 0.231 e. The van der Waals surface area contributed by atoms with Gasteiger partial charge in [-0.25, -0.2) is 22.8 Å². The quantitative estimate of drug-likeness (QED) is 0.843. The van der Waals surface area contributed by atoms with Crippen LogP contribution in [0.3, 0.4) is 0 Å². The minimum atomic E-state index is -3.64. The number of hydrogen-bond donors (Lipinski definition) is 1. The number of nitrogens with one attached hydrogen (secondary N) is 1. The molecule has 0 saturated carbocycles. The molecule has 0 unspecified atom stereocenters. The van der Waals surface area contributed by atoms with Gasteiger partial charge in [0, 0.05) is 5.56 Å². The molecule has 120 valence electrons. The highest BCUT2D eigenvalue weighted by molar-refractivity contribution is 9.10. The highest BCUT2D eigenvalue weighted by Gasteiger charge is 2.19. The molecule has 0 radical (unpaired) electrons. The second-order valence-electron chi connectivity index (χ2n) is 4.41. The first-order valence-electron chi connectivity index (χ1n) is 6.03. The predicted octanol–water partition coefficient (Wildman–Crippen LogP) is 2.30. The van der Waals surface area contributed by atoms with E-state index in [4.69, 9.17) is 10.00 Å². The predicted molar refractivity (Wildman–Crippen MR) is 84.9 cm³/mol. The zero-order chi connectivity index (χ0) is 17.2. The number of sulfonamides is 1. The topological polar surface area (TPSA) is 105 Å². The molecule has 2 aromatic rings. The number of rotatable bonds is 4. The maximum atomic E-state index is 14.3. The van der Waals surface area contributed by atoms with Gasteiger partial charge < -0.3 is 4.74 Å². The van der Waals surface area contributed by atoms with Crippen LogP contribution in [-0.4, -0.2) is 31.8 Å². The third-order valence-corrected chi connectivity index (χ3v) is 4.03. The van der Waals surface area contributed by atoms with Gasteiger partial charge in [0.25, 0.3) is 0 Å². The van der Waals surface area contributed by atoms with Crippen molar-refractivity contribution in [2.75, 3.05) is 18.1 Å². The van der Waals surface area contributed by atoms with Gasteiger partial charge in [-0.2, -0.15) is 5.26 Å². The van der Waals surface area contributed by atoms with Crippen LogP contribution in [0.15, 0.2) is 22.9 Å². The molecule has 0 bridgehead atoms. The van der Waals surface area contributed by atoms with Gasteiger partial charge in [0.2, 0.25) is 15.9 Å². The minimum absolute atomic E-state index is 0.0114. The Morgan fingerprint density at radius 2 is 2.09 bits per heavy atom. The molecule has 1 aromatic carbocycles. The summed E-state index contributed by atoms with van der Waals surface area (Å²) in [5.41, 5.74) is -0.0391. The van der Waals surface area contributed by atoms with Crippen molar-refractivity contribution in [3.63, 3.8) is 0 Å². The van der Waals surface area contributed by atoms with Crippen LogP contribution in [0.5, 0.6) is 5.88 Å². The molecule has 0 aliphatic carbocycles. The molecule has 10 heteroatoms. The Morgan fingerprint density at radius 3 is 2.65 bits per heavy atom. The number of halogens is 2. The number of hydrogen-bond acceptors (Lipinski definition) is 6. The summed E-state index contributed by atoms with van der Waals surface area (Å²) in [5.74, 6) is -0.543. The summed E-state index contributed by atoms with van der Waals surface area (Å²) in [5, 5.41) is 9.03. The Hall–Kier alpha value is -2.25. The summed E-state index contributed by atoms with van der Waals surface area (Å²) < 4.78 is 44.6. The second kappa shape index (κ2) is 6.47. The van der Waals surface area contributed by atoms with Crippen LogP contribution >= 0.6 is 15.9 Å². The van der Waals surface area contributed by atoms with Gasteiger partial charge in [-0.3, -0.25) is 4.72 Å². The van der Waals surface area contributed by atoms with Crippen molar-refractivity contribution in [1.82, 2.24) is 9.97 Å². The Kier molecular flexibility index (Phi) is 4.82. The number of nitriles is 1. The molecule has 1 heterocycles. The third kappa shape index (κ3) is 3.75. The monoisotopic (exact) mass is 400 g/mol. The highest BCUT2D eigenvalue weighted by atomic mass is 79.9. The number of anilines is 1. The smallest absolute Gasteiger partial charge is 0.231 e. The van der Waals surface area contributed by atoms with Crippen molar-refractivity contribution >= 4 is 31.6 Å². The van der Waals surface area contributed by atoms with Gasteiger partial charge in [-0.1, -0.05) is 0 Å². The van der Waals surface area contributed by atoms with Gasteiger partial charge in [0.05, 0.1) is 30.3 Å². The molecule has 2 rings (SSSR count). The molecule has 0 atom stereocenters. The second-order valence-corrected chi connectivity index (χ2v) is 6.95. The number of benzene rings is 1.